The van der Waals surface area contributed by atoms with E-state index in [0.717, 1.165) is 23.9 Å². The Morgan fingerprint density at radius 1 is 1.69 bits per heavy atom. The summed E-state index contributed by atoms with van der Waals surface area (Å²) < 4.78 is 6.29. The van der Waals surface area contributed by atoms with Gasteiger partial charge >= 0.3 is 0 Å². The van der Waals surface area contributed by atoms with Crippen LogP contribution in [0, 0.1) is 0 Å². The summed E-state index contributed by atoms with van der Waals surface area (Å²) in [6, 6.07) is 3.59. The molecule has 0 spiro atoms. The molecule has 1 atom stereocenters. The topological polar surface area (TPSA) is 51.2 Å². The van der Waals surface area contributed by atoms with Crippen LogP contribution in [0.1, 0.15) is 19.3 Å². The maximum atomic E-state index is 11.6. The minimum Gasteiger partial charge on any atom is -0.378 e. The van der Waals surface area contributed by atoms with Crippen molar-refractivity contribution in [2.75, 3.05) is 11.9 Å². The van der Waals surface area contributed by atoms with Gasteiger partial charge in [0.2, 0.25) is 5.91 Å². The molecule has 16 heavy (non-hydrogen) atoms. The highest BCUT2D eigenvalue weighted by molar-refractivity contribution is 9.10. The van der Waals surface area contributed by atoms with Gasteiger partial charge in [0.15, 0.2) is 0 Å². The van der Waals surface area contributed by atoms with Crippen LogP contribution in [-0.4, -0.2) is 23.6 Å². The third-order valence-corrected chi connectivity index (χ3v) is 2.92. The van der Waals surface area contributed by atoms with Crippen LogP contribution in [0.25, 0.3) is 0 Å². The summed E-state index contributed by atoms with van der Waals surface area (Å²) in [5.41, 5.74) is 0. The Kier molecular flexibility index (Phi) is 3.90. The van der Waals surface area contributed by atoms with Gasteiger partial charge in [-0.25, -0.2) is 4.98 Å². The number of aromatic nitrogens is 1. The normalized spacial score (nSPS) is 19.7. The Hall–Kier alpha value is -0.940. The standard InChI is InChI=1S/C11H13BrN2O2/c12-8-3-4-13-10(6-8)14-11(15)7-9-2-1-5-16-9/h3-4,6,9H,1-2,5,7H2,(H,13,14,15). The smallest absolute Gasteiger partial charge is 0.228 e. The van der Waals surface area contributed by atoms with E-state index >= 15 is 0 Å². The lowest BCUT2D eigenvalue weighted by Gasteiger charge is -2.09. The van der Waals surface area contributed by atoms with Crippen molar-refractivity contribution in [3.8, 4) is 0 Å². The first-order valence-corrected chi connectivity index (χ1v) is 6.06. The summed E-state index contributed by atoms with van der Waals surface area (Å²) in [4.78, 5) is 15.7. The molecule has 1 aliphatic rings. The number of ether oxygens (including phenoxy) is 1. The molecule has 1 aromatic rings. The fourth-order valence-corrected chi connectivity index (χ4v) is 2.01. The number of halogens is 1. The van der Waals surface area contributed by atoms with Crippen molar-refractivity contribution in [2.24, 2.45) is 0 Å². The maximum absolute atomic E-state index is 11.6. The van der Waals surface area contributed by atoms with E-state index < -0.39 is 0 Å². The molecule has 2 heterocycles. The molecule has 1 fully saturated rings. The van der Waals surface area contributed by atoms with E-state index in [4.69, 9.17) is 4.74 Å². The van der Waals surface area contributed by atoms with E-state index in [0.29, 0.717) is 12.2 Å². The molecule has 1 aliphatic heterocycles. The molecule has 0 radical (unpaired) electrons. The average molecular weight is 285 g/mol. The van der Waals surface area contributed by atoms with Crippen molar-refractivity contribution < 1.29 is 9.53 Å². The average Bonchev–Trinajstić information content (AvgIpc) is 2.70. The molecule has 2 rings (SSSR count). The Morgan fingerprint density at radius 2 is 2.56 bits per heavy atom. The van der Waals surface area contributed by atoms with Gasteiger partial charge in [-0.05, 0) is 25.0 Å². The molecule has 0 aromatic carbocycles. The largest absolute Gasteiger partial charge is 0.378 e. The van der Waals surface area contributed by atoms with Crippen molar-refractivity contribution in [3.63, 3.8) is 0 Å². The number of anilines is 1. The first-order chi connectivity index (χ1) is 7.74. The Labute approximate surface area is 103 Å². The molecule has 1 saturated heterocycles. The summed E-state index contributed by atoms with van der Waals surface area (Å²) >= 11 is 3.32. The second kappa shape index (κ2) is 5.41. The highest BCUT2D eigenvalue weighted by Gasteiger charge is 2.19. The molecule has 1 unspecified atom stereocenters. The molecule has 1 aromatic heterocycles. The summed E-state index contributed by atoms with van der Waals surface area (Å²) in [5, 5.41) is 2.75. The van der Waals surface area contributed by atoms with Gasteiger partial charge in [0.25, 0.3) is 0 Å². The highest BCUT2D eigenvalue weighted by atomic mass is 79.9. The van der Waals surface area contributed by atoms with E-state index in [1.54, 1.807) is 12.3 Å². The zero-order valence-corrected chi connectivity index (χ0v) is 10.4. The van der Waals surface area contributed by atoms with E-state index in [1.807, 2.05) is 6.07 Å². The molecule has 86 valence electrons. The van der Waals surface area contributed by atoms with Gasteiger partial charge in [-0.2, -0.15) is 0 Å². The van der Waals surface area contributed by atoms with Crippen LogP contribution in [0.4, 0.5) is 5.82 Å². The minimum atomic E-state index is -0.0440. The first-order valence-electron chi connectivity index (χ1n) is 5.27. The number of hydrogen-bond donors (Lipinski definition) is 1. The van der Waals surface area contributed by atoms with Gasteiger partial charge in [-0.3, -0.25) is 4.79 Å². The summed E-state index contributed by atoms with van der Waals surface area (Å²) in [5.74, 6) is 0.523. The molecule has 1 amide bonds. The van der Waals surface area contributed by atoms with Crippen LogP contribution >= 0.6 is 15.9 Å². The predicted octanol–water partition coefficient (Wildman–Crippen LogP) is 2.35. The lowest BCUT2D eigenvalue weighted by molar-refractivity contribution is -0.118. The Balaban J connectivity index is 1.86. The van der Waals surface area contributed by atoms with Crippen LogP contribution < -0.4 is 5.32 Å². The number of pyridine rings is 1. The van der Waals surface area contributed by atoms with E-state index in [-0.39, 0.29) is 12.0 Å². The lowest BCUT2D eigenvalue weighted by Crippen LogP contribution is -2.19. The van der Waals surface area contributed by atoms with Crippen LogP contribution in [0.15, 0.2) is 22.8 Å². The SMILES string of the molecule is O=C(CC1CCCO1)Nc1cc(Br)ccn1. The van der Waals surface area contributed by atoms with E-state index in [2.05, 4.69) is 26.2 Å². The fraction of sp³-hybridized carbons (Fsp3) is 0.455. The first kappa shape index (κ1) is 11.5. The van der Waals surface area contributed by atoms with Crippen LogP contribution in [0.3, 0.4) is 0 Å². The third-order valence-electron chi connectivity index (χ3n) is 2.43. The van der Waals surface area contributed by atoms with Crippen molar-refractivity contribution in [1.29, 1.82) is 0 Å². The van der Waals surface area contributed by atoms with Crippen molar-refractivity contribution in [3.05, 3.63) is 22.8 Å². The third kappa shape index (κ3) is 3.28. The predicted molar refractivity (Wildman–Crippen MR) is 64.2 cm³/mol. The molecule has 0 saturated carbocycles. The number of nitrogens with one attached hydrogen (secondary N) is 1. The lowest BCUT2D eigenvalue weighted by atomic mass is 10.2. The van der Waals surface area contributed by atoms with Gasteiger partial charge in [-0.1, -0.05) is 15.9 Å². The number of amides is 1. The monoisotopic (exact) mass is 284 g/mol. The molecule has 1 N–H and O–H groups in total. The van der Waals surface area contributed by atoms with Gasteiger partial charge in [-0.15, -0.1) is 0 Å². The molecular weight excluding hydrogens is 272 g/mol. The van der Waals surface area contributed by atoms with Gasteiger partial charge in [0.05, 0.1) is 12.5 Å². The molecule has 5 heteroatoms. The summed E-state index contributed by atoms with van der Waals surface area (Å²) in [7, 11) is 0. The zero-order valence-electron chi connectivity index (χ0n) is 8.78. The number of carbonyl (C=O) groups excluding carboxylic acids is 1. The van der Waals surface area contributed by atoms with E-state index in [9.17, 15) is 4.79 Å². The van der Waals surface area contributed by atoms with Crippen LogP contribution in [-0.2, 0) is 9.53 Å². The molecule has 4 nitrogen and oxygen atoms in total. The van der Waals surface area contributed by atoms with Crippen molar-refractivity contribution in [2.45, 2.75) is 25.4 Å². The molecule has 0 bridgehead atoms. The van der Waals surface area contributed by atoms with Gasteiger partial charge in [0.1, 0.15) is 5.82 Å². The van der Waals surface area contributed by atoms with Crippen molar-refractivity contribution in [1.82, 2.24) is 4.98 Å². The summed E-state index contributed by atoms with van der Waals surface area (Å²) in [6.45, 7) is 0.771. The van der Waals surface area contributed by atoms with Gasteiger partial charge < -0.3 is 10.1 Å². The highest BCUT2D eigenvalue weighted by Crippen LogP contribution is 2.17. The number of rotatable bonds is 3. The second-order valence-electron chi connectivity index (χ2n) is 3.75. The fourth-order valence-electron chi connectivity index (χ4n) is 1.68. The van der Waals surface area contributed by atoms with Crippen LogP contribution in [0.5, 0.6) is 0 Å². The zero-order chi connectivity index (χ0) is 11.4. The van der Waals surface area contributed by atoms with Crippen LogP contribution in [0.2, 0.25) is 0 Å². The maximum Gasteiger partial charge on any atom is 0.228 e. The molecular formula is C11H13BrN2O2. The Bertz CT molecular complexity index is 378. The Morgan fingerprint density at radius 3 is 3.25 bits per heavy atom. The number of hydrogen-bond acceptors (Lipinski definition) is 3. The quantitative estimate of drug-likeness (QED) is 0.927. The summed E-state index contributed by atoms with van der Waals surface area (Å²) in [6.07, 6.45) is 4.15. The number of carbonyl (C=O) groups is 1. The number of nitrogens with zero attached hydrogens (tertiary/aromatic N) is 1. The second-order valence-corrected chi connectivity index (χ2v) is 4.66. The van der Waals surface area contributed by atoms with Crippen molar-refractivity contribution >= 4 is 27.7 Å². The minimum absolute atomic E-state index is 0.0440. The van der Waals surface area contributed by atoms with Gasteiger partial charge in [0, 0.05) is 17.3 Å². The van der Waals surface area contributed by atoms with E-state index in [1.165, 1.54) is 0 Å². The molecule has 0 aliphatic carbocycles.